The topological polar surface area (TPSA) is 67.2 Å². The van der Waals surface area contributed by atoms with Crippen molar-refractivity contribution in [1.82, 2.24) is 14.7 Å². The SMILES string of the molecule is CCN(CC(=O)Nc1ccccc1C(F)(F)F)C(=O)CCc1c(C)nn(C)c1C. The Balaban J connectivity index is 2.00. The van der Waals surface area contributed by atoms with Gasteiger partial charge in [-0.25, -0.2) is 0 Å². The lowest BCUT2D eigenvalue weighted by molar-refractivity contribution is -0.137. The van der Waals surface area contributed by atoms with Gasteiger partial charge in [-0.15, -0.1) is 0 Å². The summed E-state index contributed by atoms with van der Waals surface area (Å²) in [6.07, 6.45) is -3.91. The third-order valence-corrected chi connectivity index (χ3v) is 4.82. The van der Waals surface area contributed by atoms with Gasteiger partial charge in [0.15, 0.2) is 0 Å². The highest BCUT2D eigenvalue weighted by molar-refractivity contribution is 5.95. The molecule has 0 saturated carbocycles. The largest absolute Gasteiger partial charge is 0.418 e. The molecule has 0 unspecified atom stereocenters. The van der Waals surface area contributed by atoms with Crippen LogP contribution in [0.5, 0.6) is 0 Å². The Labute approximate surface area is 167 Å². The Morgan fingerprint density at radius 1 is 1.21 bits per heavy atom. The first-order valence-corrected chi connectivity index (χ1v) is 9.27. The van der Waals surface area contributed by atoms with Crippen LogP contribution in [0.1, 0.15) is 35.9 Å². The second kappa shape index (κ2) is 9.11. The van der Waals surface area contributed by atoms with Gasteiger partial charge in [0, 0.05) is 25.7 Å². The molecule has 0 aliphatic carbocycles. The summed E-state index contributed by atoms with van der Waals surface area (Å²) in [7, 11) is 1.83. The molecule has 0 fully saturated rings. The van der Waals surface area contributed by atoms with Gasteiger partial charge in [-0.3, -0.25) is 14.3 Å². The number of rotatable bonds is 7. The standard InChI is InChI=1S/C20H25F3N4O2/c1-5-27(19(29)11-10-15-13(2)25-26(4)14(15)3)12-18(28)24-17-9-7-6-8-16(17)20(21,22)23/h6-9H,5,10-12H2,1-4H3,(H,24,28). The molecule has 2 aromatic rings. The number of carbonyl (C=O) groups is 2. The molecule has 158 valence electrons. The van der Waals surface area contributed by atoms with Crippen LogP contribution in [0.25, 0.3) is 0 Å². The Hall–Kier alpha value is -2.84. The number of hydrogen-bond acceptors (Lipinski definition) is 3. The fourth-order valence-corrected chi connectivity index (χ4v) is 3.15. The molecule has 2 rings (SSSR count). The summed E-state index contributed by atoms with van der Waals surface area (Å²) in [5.74, 6) is -0.917. The number of aromatic nitrogens is 2. The zero-order valence-electron chi connectivity index (χ0n) is 16.9. The number of aryl methyl sites for hydroxylation is 2. The molecule has 6 nitrogen and oxygen atoms in total. The molecule has 1 aromatic carbocycles. The maximum Gasteiger partial charge on any atom is 0.418 e. The van der Waals surface area contributed by atoms with Gasteiger partial charge in [-0.1, -0.05) is 12.1 Å². The van der Waals surface area contributed by atoms with E-state index < -0.39 is 17.6 Å². The number of carbonyl (C=O) groups excluding carboxylic acids is 2. The third kappa shape index (κ3) is 5.58. The monoisotopic (exact) mass is 410 g/mol. The second-order valence-electron chi connectivity index (χ2n) is 6.77. The van der Waals surface area contributed by atoms with Crippen molar-refractivity contribution in [1.29, 1.82) is 0 Å². The van der Waals surface area contributed by atoms with Crippen LogP contribution in [0, 0.1) is 13.8 Å². The van der Waals surface area contributed by atoms with E-state index in [1.807, 2.05) is 20.9 Å². The van der Waals surface area contributed by atoms with E-state index in [-0.39, 0.29) is 31.1 Å². The summed E-state index contributed by atoms with van der Waals surface area (Å²) in [4.78, 5) is 26.1. The number of benzene rings is 1. The van der Waals surface area contributed by atoms with Crippen molar-refractivity contribution >= 4 is 17.5 Å². The zero-order chi connectivity index (χ0) is 21.8. The predicted octanol–water partition coefficient (Wildman–Crippen LogP) is 3.48. The number of nitrogens with one attached hydrogen (secondary N) is 1. The van der Waals surface area contributed by atoms with Crippen LogP contribution in [0.3, 0.4) is 0 Å². The number of nitrogens with zero attached hydrogens (tertiary/aromatic N) is 3. The van der Waals surface area contributed by atoms with Crippen molar-refractivity contribution in [3.8, 4) is 0 Å². The van der Waals surface area contributed by atoms with E-state index in [1.54, 1.807) is 11.6 Å². The van der Waals surface area contributed by atoms with Gasteiger partial charge < -0.3 is 10.2 Å². The molecule has 0 saturated heterocycles. The molecule has 0 radical (unpaired) electrons. The number of halogens is 3. The van der Waals surface area contributed by atoms with Gasteiger partial charge in [0.05, 0.1) is 23.5 Å². The summed E-state index contributed by atoms with van der Waals surface area (Å²) in [5, 5.41) is 6.58. The maximum absolute atomic E-state index is 13.1. The van der Waals surface area contributed by atoms with E-state index in [0.29, 0.717) is 6.42 Å². The summed E-state index contributed by atoms with van der Waals surface area (Å²) in [6, 6.07) is 4.75. The van der Waals surface area contributed by atoms with Gasteiger partial charge in [-0.05, 0) is 44.9 Å². The molecular formula is C20H25F3N4O2. The number of alkyl halides is 3. The molecule has 0 spiro atoms. The molecule has 2 amide bonds. The lowest BCUT2D eigenvalue weighted by Crippen LogP contribution is -2.38. The minimum atomic E-state index is -4.58. The Kier molecular flexibility index (Phi) is 7.05. The third-order valence-electron chi connectivity index (χ3n) is 4.82. The Bertz CT molecular complexity index is 890. The van der Waals surface area contributed by atoms with Crippen LogP contribution in [0.4, 0.5) is 18.9 Å². The summed E-state index contributed by atoms with van der Waals surface area (Å²) < 4.78 is 40.9. The summed E-state index contributed by atoms with van der Waals surface area (Å²) >= 11 is 0. The molecule has 0 aliphatic heterocycles. The van der Waals surface area contributed by atoms with Crippen LogP contribution in [-0.2, 0) is 29.2 Å². The number of hydrogen-bond donors (Lipinski definition) is 1. The first-order valence-electron chi connectivity index (χ1n) is 9.27. The maximum atomic E-state index is 13.1. The molecule has 29 heavy (non-hydrogen) atoms. The number of para-hydroxylation sites is 1. The molecule has 9 heteroatoms. The van der Waals surface area contributed by atoms with Crippen LogP contribution in [0.2, 0.25) is 0 Å². The lowest BCUT2D eigenvalue weighted by Gasteiger charge is -2.21. The van der Waals surface area contributed by atoms with Crippen molar-refractivity contribution in [3.05, 3.63) is 46.8 Å². The molecule has 0 aliphatic rings. The highest BCUT2D eigenvalue weighted by atomic mass is 19.4. The normalized spacial score (nSPS) is 11.4. The smallest absolute Gasteiger partial charge is 0.334 e. The average molecular weight is 410 g/mol. The first kappa shape index (κ1) is 22.4. The molecular weight excluding hydrogens is 385 g/mol. The Morgan fingerprint density at radius 2 is 1.86 bits per heavy atom. The summed E-state index contributed by atoms with van der Waals surface area (Å²) in [5.41, 5.74) is 1.56. The fraction of sp³-hybridized carbons (Fsp3) is 0.450. The van der Waals surface area contributed by atoms with Gasteiger partial charge in [0.1, 0.15) is 0 Å². The van der Waals surface area contributed by atoms with Crippen LogP contribution < -0.4 is 5.32 Å². The van der Waals surface area contributed by atoms with E-state index in [1.165, 1.54) is 23.1 Å². The predicted molar refractivity (Wildman–Crippen MR) is 103 cm³/mol. The average Bonchev–Trinajstić information content (AvgIpc) is 2.89. The lowest BCUT2D eigenvalue weighted by atomic mass is 10.1. The molecule has 1 heterocycles. The van der Waals surface area contributed by atoms with E-state index in [0.717, 1.165) is 23.0 Å². The van der Waals surface area contributed by atoms with Crippen LogP contribution in [-0.4, -0.2) is 39.6 Å². The highest BCUT2D eigenvalue weighted by Gasteiger charge is 2.33. The van der Waals surface area contributed by atoms with Crippen LogP contribution >= 0.6 is 0 Å². The minimum Gasteiger partial charge on any atom is -0.334 e. The molecule has 1 N–H and O–H groups in total. The van der Waals surface area contributed by atoms with Gasteiger partial charge in [0.25, 0.3) is 0 Å². The minimum absolute atomic E-state index is 0.188. The first-order chi connectivity index (χ1) is 13.5. The van der Waals surface area contributed by atoms with Gasteiger partial charge >= 0.3 is 6.18 Å². The molecule has 0 atom stereocenters. The van der Waals surface area contributed by atoms with Crippen molar-refractivity contribution in [2.45, 2.75) is 39.8 Å². The number of amides is 2. The van der Waals surface area contributed by atoms with Gasteiger partial charge in [0.2, 0.25) is 11.8 Å². The number of anilines is 1. The molecule has 1 aromatic heterocycles. The van der Waals surface area contributed by atoms with E-state index in [4.69, 9.17) is 0 Å². The van der Waals surface area contributed by atoms with Crippen molar-refractivity contribution in [2.75, 3.05) is 18.4 Å². The van der Waals surface area contributed by atoms with Crippen molar-refractivity contribution in [3.63, 3.8) is 0 Å². The number of likely N-dealkylation sites (N-methyl/N-ethyl adjacent to an activating group) is 1. The second-order valence-corrected chi connectivity index (χ2v) is 6.77. The molecule has 0 bridgehead atoms. The Morgan fingerprint density at radius 3 is 2.41 bits per heavy atom. The van der Waals surface area contributed by atoms with Gasteiger partial charge in [-0.2, -0.15) is 18.3 Å². The van der Waals surface area contributed by atoms with E-state index >= 15 is 0 Å². The quantitative estimate of drug-likeness (QED) is 0.760. The zero-order valence-corrected chi connectivity index (χ0v) is 16.9. The van der Waals surface area contributed by atoms with Crippen LogP contribution in [0.15, 0.2) is 24.3 Å². The van der Waals surface area contributed by atoms with Crippen molar-refractivity contribution < 1.29 is 22.8 Å². The van der Waals surface area contributed by atoms with E-state index in [9.17, 15) is 22.8 Å². The summed E-state index contributed by atoms with van der Waals surface area (Å²) in [6.45, 7) is 5.47. The van der Waals surface area contributed by atoms with E-state index in [2.05, 4.69) is 10.4 Å². The fourth-order valence-electron chi connectivity index (χ4n) is 3.15. The highest BCUT2D eigenvalue weighted by Crippen LogP contribution is 2.34. The van der Waals surface area contributed by atoms with Crippen molar-refractivity contribution in [2.24, 2.45) is 7.05 Å².